The first-order chi connectivity index (χ1) is 57.9. The zero-order valence-electron chi connectivity index (χ0n) is 75.9. The van der Waals surface area contributed by atoms with E-state index in [4.69, 9.17) is 28.4 Å². The summed E-state index contributed by atoms with van der Waals surface area (Å²) in [5.41, 5.74) is -4.71. The smallest absolute Gasteiger partial charge is 0.356 e. The molecular weight excluding hydrogens is 2440 g/mol. The van der Waals surface area contributed by atoms with E-state index >= 15 is 0 Å². The number of nitrogens with one attached hydrogen (secondary N) is 2. The Labute approximate surface area is 1130 Å². The summed E-state index contributed by atoms with van der Waals surface area (Å²) in [5, 5.41) is 5.03. The van der Waals surface area contributed by atoms with Gasteiger partial charge in [0.05, 0.1) is 26.4 Å². The number of ether oxygens (including phenoxy) is 6. The van der Waals surface area contributed by atoms with Gasteiger partial charge in [-0.25, -0.2) is 58.6 Å². The maximum atomic E-state index is 13.1. The van der Waals surface area contributed by atoms with Gasteiger partial charge in [0.25, 0.3) is 0 Å². The third-order valence-corrected chi connectivity index (χ3v) is 24.3. The Hall–Kier alpha value is 10.0. The summed E-state index contributed by atoms with van der Waals surface area (Å²) in [6.07, 6.45) is -53.9. The molecule has 4 aliphatic heterocycles. The summed E-state index contributed by atoms with van der Waals surface area (Å²) in [7, 11) is -84.8. The summed E-state index contributed by atoms with van der Waals surface area (Å²) < 4.78 is 568. The maximum Gasteiger partial charge on any atom is 1.00 e. The zero-order chi connectivity index (χ0) is 97.1. The molecule has 142 heavy (non-hydrogen) atoms. The molecule has 4 fully saturated rings. The summed E-state index contributed by atoms with van der Waals surface area (Å²) >= 11 is 0.369. The van der Waals surface area contributed by atoms with Crippen molar-refractivity contribution in [3.05, 3.63) is 48.5 Å². The van der Waals surface area contributed by atoms with Crippen molar-refractivity contribution < 1.29 is 692 Å². The van der Waals surface area contributed by atoms with Crippen LogP contribution in [0.2, 0.25) is 0 Å². The maximum absolute atomic E-state index is 13.1. The van der Waals surface area contributed by atoms with E-state index < -0.39 is 305 Å². The molecule has 4 aliphatic rings. The summed E-state index contributed by atoms with van der Waals surface area (Å²) in [5.74, 6) is -1.25. The van der Waals surface area contributed by atoms with Crippen LogP contribution in [0.3, 0.4) is 0 Å². The predicted molar refractivity (Wildman–Crippen MR) is 397 cm³/mol. The Morgan fingerprint density at radius 2 is 0.423 bits per heavy atom. The largest absolute Gasteiger partial charge is 1.00 e. The molecule has 0 saturated carbocycles. The van der Waals surface area contributed by atoms with E-state index in [-0.39, 0.29) is 484 Å². The van der Waals surface area contributed by atoms with E-state index in [9.17, 15) is 191 Å². The number of carbonyl (C=O) groups is 2. The van der Waals surface area contributed by atoms with Crippen LogP contribution in [0.15, 0.2) is 58.3 Å². The molecule has 0 aromatic heterocycles. The first kappa shape index (κ1) is 170. The molecule has 0 aliphatic carbocycles. The van der Waals surface area contributed by atoms with Crippen LogP contribution in [0, 0.1) is 0 Å². The second kappa shape index (κ2) is 72.8. The number of anilines is 2. The quantitative estimate of drug-likeness (QED) is 0.0166. The number of hydrogen-bond donors (Lipinski definition) is 16. The number of thioether (sulfide) groups is 2. The summed E-state index contributed by atoms with van der Waals surface area (Å²) in [6, 6.07) is 8.95. The Kier molecular flexibility index (Phi) is 86.9. The molecule has 4 saturated heterocycles. The number of unbranched alkanes of at least 4 members (excludes halogenated alkanes) is 5. The average molecular weight is 2510 g/mol. The van der Waals surface area contributed by atoms with Gasteiger partial charge in [-0.2, -0.15) is 118 Å². The molecule has 20 atom stereocenters. The van der Waals surface area contributed by atoms with Crippen molar-refractivity contribution in [1.82, 2.24) is 0 Å². The van der Waals surface area contributed by atoms with E-state index in [1.54, 1.807) is 0 Å². The minimum Gasteiger partial charge on any atom is -0.356 e. The van der Waals surface area contributed by atoms with Gasteiger partial charge < -0.3 is 39.1 Å². The second-order valence-electron chi connectivity index (χ2n) is 25.1. The number of amides is 2. The van der Waals surface area contributed by atoms with E-state index in [2.05, 4.69) is 69.2 Å². The van der Waals surface area contributed by atoms with Crippen molar-refractivity contribution in [2.45, 2.75) is 182 Å². The zero-order valence-corrected chi connectivity index (χ0v) is 117. The van der Waals surface area contributed by atoms with Crippen LogP contribution in [0.5, 0.6) is 0 Å². The van der Waals surface area contributed by atoms with E-state index in [0.29, 0.717) is 25.7 Å². The van der Waals surface area contributed by atoms with E-state index in [1.165, 1.54) is 0 Å². The van der Waals surface area contributed by atoms with Crippen LogP contribution in [-0.4, -0.2) is 341 Å². The average Bonchev–Trinajstić information content (AvgIpc) is 0.754. The van der Waals surface area contributed by atoms with Gasteiger partial charge in [0.2, 0.25) is 11.8 Å². The molecule has 6 rings (SSSR count). The van der Waals surface area contributed by atoms with Crippen molar-refractivity contribution in [2.24, 2.45) is 0 Å². The molecule has 0 unspecified atom stereocenters. The van der Waals surface area contributed by atoms with Crippen molar-refractivity contribution in [1.29, 1.82) is 0 Å². The molecule has 0 bridgehead atoms. The van der Waals surface area contributed by atoms with Crippen LogP contribution in [0.1, 0.15) is 51.4 Å². The topological polar surface area (TPSA) is 1000 Å². The van der Waals surface area contributed by atoms with Crippen molar-refractivity contribution in [3.8, 4) is 0 Å². The minimum atomic E-state index is -6.26. The van der Waals surface area contributed by atoms with E-state index in [1.807, 2.05) is 0 Å². The van der Waals surface area contributed by atoms with Crippen LogP contribution >= 0.6 is 23.5 Å². The standard InChI is InChI=1S/C46H68N2O64S16.14Na/c49-29(47-21-9-13-23(14-10-21)113-45-41(111-127(87,88)89)35(105-121(69,70)71)31(25(99-45)17-93-115(51,52)53)101-43-39(109-125(81,82)83)37(107-123(75,76)77)33(103-119(63,64)65)27(97-43)19-95-117(57,58)59)7-5-3-1-2-4-6-8-30(50)48-22-11-15-24(16-12-22)114-46-42(112-128(90,91)92)36(106-122(72,73)74)32(26(100-46)18-94-116(54,55)56)102-44-40(110-126(84,85)86)38(108-124(78,79)80)34(104-120(66,67)68)28(98-44)20-96-118(60,61)62;;;;;;;;;;;;;;/h9-16,25-28,31-46H,1-8,17-20H2,(H,47,49)(H,48,50)(H,51,52,53)(H,54,55,56)(H,57,58,59)(H,60,61,62)(H,63,64,65)(H,66,67,68)(H,69,70,71)(H,72,73,74)(H,75,76,77)(H,78,79,80)(H,81,82,83)(H,84,85,86)(H,87,88,89)(H,90,91,92);;;;;;;;;;;;;;/q;14*+1/t25-,26-,27-,28-,31-,32-,33-,34-,35+,36+,37+,38+,39-,40-,41-,42-,43-,44-,45+,46+;;;;;;;;;;;;;;/m1............../s1. The van der Waals surface area contributed by atoms with Crippen LogP contribution in [-0.2, 0) is 242 Å². The first-order valence-corrected chi connectivity index (χ1v) is 53.9. The van der Waals surface area contributed by atoms with Gasteiger partial charge in [0.1, 0.15) is 96.3 Å². The summed E-state index contributed by atoms with van der Waals surface area (Å²) in [4.78, 5) is 25.7. The molecule has 0 radical (unpaired) electrons. The van der Waals surface area contributed by atoms with Gasteiger partial charge in [0.15, 0.2) is 24.8 Å². The third kappa shape index (κ3) is 69.4. The van der Waals surface area contributed by atoms with Gasteiger partial charge in [0, 0.05) is 34.0 Å². The number of hydrogen-bond acceptors (Lipinski definition) is 52. The first-order valence-electron chi connectivity index (χ1n) is 33.0. The SMILES string of the molecule is O=C(CCCCCCCCC(=O)Nc1ccc(S[C@@H]2O[C@H](COS(=O)(=O)O)[C@@H](O[C@H]3O[C@H](COS(=O)(=O)O)[C@@H](OS(=O)(=O)O)[C@H](OS(=O)(=O)O)[C@H]3OS(=O)(=O)O)[C@H](OS(=O)(=O)O)[C@H]2OS(=O)(=O)O)cc1)Nc1ccc(S[C@@H]2O[C@H](COS(=O)(=O)O)[C@@H](O[C@H]3O[C@H](COS(=O)(=O)O)[C@@H](OS(=O)(=O)O)[C@H](OS(=O)(=O)O)[C@H]3OS(=O)(=O)O)[C@H](OS(=O)(=O)O)[C@H]2OS(=O)(=O)O)cc1.[Na+].[Na+].[Na+].[Na+].[Na+].[Na+].[Na+].[Na+].[Na+].[Na+].[Na+].[Na+].[Na+].[Na+]. The number of carbonyl (C=O) groups excluding carboxylic acids is 2. The van der Waals surface area contributed by atoms with Gasteiger partial charge in [-0.15, -0.1) is 0 Å². The van der Waals surface area contributed by atoms with Crippen LogP contribution < -0.4 is 424 Å². The number of rotatable bonds is 51. The predicted octanol–water partition coefficient (Wildman–Crippen LogP) is -47.5. The van der Waals surface area contributed by atoms with Crippen LogP contribution in [0.4, 0.5) is 11.4 Å². The Balaban J connectivity index is -0.00000180. The monoisotopic (exact) mass is 2510 g/mol. The van der Waals surface area contributed by atoms with Crippen molar-refractivity contribution in [2.75, 3.05) is 37.1 Å². The molecule has 16 N–H and O–H groups in total. The van der Waals surface area contributed by atoms with Gasteiger partial charge in [-0.3, -0.25) is 73.3 Å². The third-order valence-electron chi connectivity index (χ3n) is 15.6. The molecule has 2 amide bonds. The molecule has 2 aromatic rings. The molecule has 66 nitrogen and oxygen atoms in total. The Morgan fingerprint density at radius 1 is 0.239 bits per heavy atom. The molecule has 0 spiro atoms. The molecule has 742 valence electrons. The van der Waals surface area contributed by atoms with Gasteiger partial charge >= 0.3 is 559 Å². The van der Waals surface area contributed by atoms with Gasteiger partial charge in [-0.1, -0.05) is 49.2 Å². The van der Waals surface area contributed by atoms with Gasteiger partial charge in [-0.05, 0) is 61.4 Å². The Bertz CT molecular complexity index is 5600. The van der Waals surface area contributed by atoms with Crippen molar-refractivity contribution >= 4 is 192 Å². The molecule has 4 heterocycles. The fourth-order valence-electron chi connectivity index (χ4n) is 11.4. The Morgan fingerprint density at radius 3 is 0.634 bits per heavy atom. The minimum absolute atomic E-state index is 0. The van der Waals surface area contributed by atoms with Crippen LogP contribution in [0.25, 0.3) is 0 Å². The summed E-state index contributed by atoms with van der Waals surface area (Å²) in [6.45, 7) is -7.46. The molecule has 2 aromatic carbocycles. The van der Waals surface area contributed by atoms with E-state index in [0.717, 1.165) is 48.5 Å². The van der Waals surface area contributed by atoms with Crippen molar-refractivity contribution in [3.63, 3.8) is 0 Å². The normalized spacial score (nSPS) is 25.2. The fraction of sp³-hybridized carbons (Fsp3) is 0.696. The molecular formula is C46H68N2Na14O64S16+14. The number of benzene rings is 2. The fourth-order valence-corrected chi connectivity index (χ4v) is 20.0. The molecule has 96 heteroatoms. The second-order valence-corrected chi connectivity index (χ2v) is 42.3.